The number of rotatable bonds is 7. The zero-order valence-electron chi connectivity index (χ0n) is 11.3. The Morgan fingerprint density at radius 2 is 2.15 bits per heavy atom. The maximum absolute atomic E-state index is 11.2. The first-order valence-corrected chi connectivity index (χ1v) is 8.76. The lowest BCUT2D eigenvalue weighted by Crippen LogP contribution is -2.15. The summed E-state index contributed by atoms with van der Waals surface area (Å²) in [5, 5.41) is 17.6. The van der Waals surface area contributed by atoms with Crippen LogP contribution in [0.15, 0.2) is 23.1 Å². The molecular weight excluding hydrogens is 300 g/mol. The van der Waals surface area contributed by atoms with E-state index in [0.717, 1.165) is 12.5 Å². The van der Waals surface area contributed by atoms with Gasteiger partial charge in [-0.15, -0.1) is 0 Å². The quantitative estimate of drug-likeness (QED) is 0.704. The fraction of sp³-hybridized carbons (Fsp3) is 0.417. The number of carboxylic acids is 1. The van der Waals surface area contributed by atoms with E-state index in [2.05, 4.69) is 12.2 Å². The Morgan fingerprint density at radius 1 is 1.50 bits per heavy atom. The number of aromatic carboxylic acids is 1. The number of nitrogens with one attached hydrogen (secondary N) is 1. The molecule has 112 valence electrons. The zero-order chi connectivity index (χ0) is 15.3. The lowest BCUT2D eigenvalue weighted by atomic mass is 10.1. The van der Waals surface area contributed by atoms with Crippen LogP contribution in [0.4, 0.5) is 5.69 Å². The highest BCUT2D eigenvalue weighted by Gasteiger charge is 2.15. The van der Waals surface area contributed by atoms with Gasteiger partial charge in [0.1, 0.15) is 0 Å². The predicted molar refractivity (Wildman–Crippen MR) is 80.9 cm³/mol. The van der Waals surface area contributed by atoms with E-state index in [0.29, 0.717) is 17.5 Å². The highest BCUT2D eigenvalue weighted by Crippen LogP contribution is 2.20. The minimum Gasteiger partial charge on any atom is -0.478 e. The largest absolute Gasteiger partial charge is 0.478 e. The van der Waals surface area contributed by atoms with Crippen molar-refractivity contribution in [1.29, 1.82) is 0 Å². The molecule has 1 aromatic carbocycles. The van der Waals surface area contributed by atoms with Crippen LogP contribution in [0.2, 0.25) is 0 Å². The lowest BCUT2D eigenvalue weighted by Gasteiger charge is -2.13. The van der Waals surface area contributed by atoms with E-state index in [-0.39, 0.29) is 10.5 Å². The molecule has 0 radical (unpaired) electrons. The van der Waals surface area contributed by atoms with E-state index in [1.165, 1.54) is 12.1 Å². The van der Waals surface area contributed by atoms with Gasteiger partial charge in [0.05, 0.1) is 10.5 Å². The van der Waals surface area contributed by atoms with Crippen molar-refractivity contribution in [3.63, 3.8) is 0 Å². The van der Waals surface area contributed by atoms with Crippen molar-refractivity contribution in [3.05, 3.63) is 23.8 Å². The van der Waals surface area contributed by atoms with Crippen molar-refractivity contribution >= 4 is 33.4 Å². The minimum atomic E-state index is -3.91. The van der Waals surface area contributed by atoms with Crippen LogP contribution in [-0.2, 0) is 10.0 Å². The Kier molecular flexibility index (Phi) is 5.85. The standard InChI is InChI=1S/C12H18N2O4S2/c1-8(19-2)5-6-14-11-4-3-9(20(13,17)18)7-10(11)12(15)16/h3-4,7-8,14H,5-6H2,1-2H3,(H,15,16)(H2,13,17,18). The van der Waals surface area contributed by atoms with Gasteiger partial charge in [0.15, 0.2) is 0 Å². The van der Waals surface area contributed by atoms with Crippen molar-refractivity contribution in [3.8, 4) is 0 Å². The predicted octanol–water partition coefficient (Wildman–Crippen LogP) is 1.59. The van der Waals surface area contributed by atoms with Crippen LogP contribution in [0.3, 0.4) is 0 Å². The van der Waals surface area contributed by atoms with Gasteiger partial charge >= 0.3 is 5.97 Å². The molecule has 0 amide bonds. The number of benzene rings is 1. The second kappa shape index (κ2) is 6.96. The fourth-order valence-electron chi connectivity index (χ4n) is 1.56. The number of nitrogens with two attached hydrogens (primary N) is 1. The van der Waals surface area contributed by atoms with Gasteiger partial charge in [-0.1, -0.05) is 6.92 Å². The maximum atomic E-state index is 11.2. The normalized spacial score (nSPS) is 12.9. The molecule has 20 heavy (non-hydrogen) atoms. The van der Waals surface area contributed by atoms with Crippen LogP contribution >= 0.6 is 11.8 Å². The van der Waals surface area contributed by atoms with Crippen LogP contribution in [0.1, 0.15) is 23.7 Å². The number of thioether (sulfide) groups is 1. The Balaban J connectivity index is 2.94. The van der Waals surface area contributed by atoms with Crippen LogP contribution in [0.25, 0.3) is 0 Å². The third-order valence-corrected chi connectivity index (χ3v) is 4.77. The van der Waals surface area contributed by atoms with Crippen LogP contribution in [-0.4, -0.2) is 37.5 Å². The van der Waals surface area contributed by atoms with E-state index < -0.39 is 16.0 Å². The molecule has 1 rings (SSSR count). The second-order valence-electron chi connectivity index (χ2n) is 4.32. The molecule has 0 aliphatic carbocycles. The number of sulfonamides is 1. The van der Waals surface area contributed by atoms with E-state index in [4.69, 9.17) is 10.2 Å². The van der Waals surface area contributed by atoms with Gasteiger partial charge in [0.25, 0.3) is 0 Å². The molecule has 0 spiro atoms. The molecule has 1 unspecified atom stereocenters. The minimum absolute atomic E-state index is 0.103. The molecular formula is C12H18N2O4S2. The Morgan fingerprint density at radius 3 is 2.65 bits per heavy atom. The van der Waals surface area contributed by atoms with Gasteiger partial charge in [0.2, 0.25) is 10.0 Å². The topological polar surface area (TPSA) is 109 Å². The SMILES string of the molecule is CSC(C)CCNc1ccc(S(N)(=O)=O)cc1C(=O)O. The summed E-state index contributed by atoms with van der Waals surface area (Å²) in [5.74, 6) is -1.20. The van der Waals surface area contributed by atoms with Gasteiger partial charge in [-0.2, -0.15) is 11.8 Å². The number of hydrogen-bond acceptors (Lipinski definition) is 5. The summed E-state index contributed by atoms with van der Waals surface area (Å²) in [6.07, 6.45) is 2.88. The first kappa shape index (κ1) is 16.8. The summed E-state index contributed by atoms with van der Waals surface area (Å²) >= 11 is 1.72. The smallest absolute Gasteiger partial charge is 0.337 e. The van der Waals surface area contributed by atoms with Gasteiger partial charge in [-0.05, 0) is 30.9 Å². The van der Waals surface area contributed by atoms with Crippen LogP contribution in [0.5, 0.6) is 0 Å². The first-order valence-electron chi connectivity index (χ1n) is 5.92. The molecule has 0 saturated carbocycles. The fourth-order valence-corrected chi connectivity index (χ4v) is 2.45. The number of carbonyl (C=O) groups is 1. The van der Waals surface area contributed by atoms with Crippen LogP contribution < -0.4 is 10.5 Å². The molecule has 0 saturated heterocycles. The number of primary sulfonamides is 1. The van der Waals surface area contributed by atoms with Crippen molar-refractivity contribution < 1.29 is 18.3 Å². The summed E-state index contributed by atoms with van der Waals surface area (Å²) in [7, 11) is -3.91. The monoisotopic (exact) mass is 318 g/mol. The molecule has 6 nitrogen and oxygen atoms in total. The van der Waals surface area contributed by atoms with E-state index >= 15 is 0 Å². The molecule has 0 aliphatic rings. The molecule has 0 aromatic heterocycles. The Hall–Kier alpha value is -1.25. The summed E-state index contributed by atoms with van der Waals surface area (Å²) in [5.41, 5.74) is 0.284. The van der Waals surface area contributed by atoms with Crippen molar-refractivity contribution in [2.45, 2.75) is 23.5 Å². The average molecular weight is 318 g/mol. The van der Waals surface area contributed by atoms with Crippen molar-refractivity contribution in [2.75, 3.05) is 18.1 Å². The van der Waals surface area contributed by atoms with Crippen molar-refractivity contribution in [2.24, 2.45) is 5.14 Å². The summed E-state index contributed by atoms with van der Waals surface area (Å²) in [6.45, 7) is 2.69. The molecule has 1 aromatic rings. The van der Waals surface area contributed by atoms with E-state index in [9.17, 15) is 13.2 Å². The Bertz CT molecular complexity index is 587. The van der Waals surface area contributed by atoms with Gasteiger partial charge < -0.3 is 10.4 Å². The van der Waals surface area contributed by atoms with Crippen LogP contribution in [0, 0.1) is 0 Å². The summed E-state index contributed by atoms with van der Waals surface area (Å²) in [6, 6.07) is 3.78. The zero-order valence-corrected chi connectivity index (χ0v) is 12.9. The molecule has 4 N–H and O–H groups in total. The van der Waals surface area contributed by atoms with Gasteiger partial charge in [-0.3, -0.25) is 0 Å². The third kappa shape index (κ3) is 4.69. The maximum Gasteiger partial charge on any atom is 0.337 e. The number of anilines is 1. The number of hydrogen-bond donors (Lipinski definition) is 3. The lowest BCUT2D eigenvalue weighted by molar-refractivity contribution is 0.0697. The molecule has 8 heteroatoms. The Labute approximate surface area is 122 Å². The van der Waals surface area contributed by atoms with Gasteiger partial charge in [0, 0.05) is 17.5 Å². The third-order valence-electron chi connectivity index (χ3n) is 2.82. The molecule has 0 aliphatic heterocycles. The first-order chi connectivity index (χ1) is 9.25. The molecule has 1 atom stereocenters. The van der Waals surface area contributed by atoms with E-state index in [1.807, 2.05) is 6.26 Å². The number of carboxylic acid groups (broad SMARTS) is 1. The molecule has 0 fully saturated rings. The van der Waals surface area contributed by atoms with Gasteiger partial charge in [-0.25, -0.2) is 18.4 Å². The molecule has 0 bridgehead atoms. The van der Waals surface area contributed by atoms with E-state index in [1.54, 1.807) is 11.8 Å². The summed E-state index contributed by atoms with van der Waals surface area (Å²) < 4.78 is 22.4. The highest BCUT2D eigenvalue weighted by molar-refractivity contribution is 7.99. The molecule has 0 heterocycles. The van der Waals surface area contributed by atoms with Crippen molar-refractivity contribution in [1.82, 2.24) is 0 Å². The summed E-state index contributed by atoms with van der Waals surface area (Å²) in [4.78, 5) is 11.0. The second-order valence-corrected chi connectivity index (χ2v) is 7.16. The average Bonchev–Trinajstić information content (AvgIpc) is 2.37. The highest BCUT2D eigenvalue weighted by atomic mass is 32.2.